The number of rotatable bonds is 6. The van der Waals surface area contributed by atoms with Gasteiger partial charge in [0, 0.05) is 37.5 Å². The molecule has 1 N–H and O–H groups in total. The van der Waals surface area contributed by atoms with Crippen molar-refractivity contribution < 1.29 is 14.5 Å². The highest BCUT2D eigenvalue weighted by atomic mass is 16.6. The number of nitro benzene ring substituents is 1. The zero-order valence-corrected chi connectivity index (χ0v) is 15.1. The van der Waals surface area contributed by atoms with E-state index in [1.54, 1.807) is 49.3 Å². The van der Waals surface area contributed by atoms with Crippen LogP contribution in [0, 0.1) is 21.4 Å². The van der Waals surface area contributed by atoms with Crippen LogP contribution in [0.3, 0.4) is 0 Å². The highest BCUT2D eigenvalue weighted by Gasteiger charge is 2.16. The lowest BCUT2D eigenvalue weighted by molar-refractivity contribution is -0.384. The van der Waals surface area contributed by atoms with Gasteiger partial charge < -0.3 is 15.0 Å². The van der Waals surface area contributed by atoms with Crippen LogP contribution in [0.1, 0.15) is 5.56 Å². The largest absolute Gasteiger partial charge is 0.495 e. The first-order valence-corrected chi connectivity index (χ1v) is 7.89. The minimum atomic E-state index is -0.641. The molecule has 8 nitrogen and oxygen atoms in total. The summed E-state index contributed by atoms with van der Waals surface area (Å²) < 4.78 is 5.17. The van der Waals surface area contributed by atoms with Crippen molar-refractivity contribution in [1.29, 1.82) is 5.26 Å². The first-order chi connectivity index (χ1) is 12.9. The van der Waals surface area contributed by atoms with Gasteiger partial charge in [-0.15, -0.1) is 0 Å². The van der Waals surface area contributed by atoms with E-state index in [9.17, 15) is 20.2 Å². The number of nitriles is 1. The minimum Gasteiger partial charge on any atom is -0.495 e. The summed E-state index contributed by atoms with van der Waals surface area (Å²) in [6.45, 7) is 0. The topological polar surface area (TPSA) is 108 Å². The highest BCUT2D eigenvalue weighted by Crippen LogP contribution is 2.27. The second kappa shape index (κ2) is 8.49. The number of nitro groups is 1. The first kappa shape index (κ1) is 19.5. The zero-order valence-electron chi connectivity index (χ0n) is 15.1. The number of nitrogens with one attached hydrogen (secondary N) is 1. The van der Waals surface area contributed by atoms with E-state index in [4.69, 9.17) is 4.74 Å². The SMILES string of the molecule is COc1ccccc1NC(=O)/C(C#N)=C/c1cc([N+](=O)[O-])ccc1N(C)C. The van der Waals surface area contributed by atoms with Crippen molar-refractivity contribution >= 4 is 29.0 Å². The van der Waals surface area contributed by atoms with E-state index < -0.39 is 10.8 Å². The third-order valence-electron chi connectivity index (χ3n) is 3.72. The monoisotopic (exact) mass is 366 g/mol. The maximum absolute atomic E-state index is 12.5. The number of non-ortho nitro benzene ring substituents is 1. The van der Waals surface area contributed by atoms with Crippen LogP contribution in [0.5, 0.6) is 5.75 Å². The summed E-state index contributed by atoms with van der Waals surface area (Å²) in [4.78, 5) is 24.8. The molecule has 0 atom stereocenters. The number of anilines is 2. The third kappa shape index (κ3) is 4.61. The molecule has 0 aliphatic heterocycles. The van der Waals surface area contributed by atoms with E-state index in [1.807, 2.05) is 6.07 Å². The highest BCUT2D eigenvalue weighted by molar-refractivity contribution is 6.10. The Morgan fingerprint density at radius 1 is 1.30 bits per heavy atom. The normalized spacial score (nSPS) is 10.7. The summed E-state index contributed by atoms with van der Waals surface area (Å²) in [5, 5.41) is 23.1. The van der Waals surface area contributed by atoms with Gasteiger partial charge in [0.25, 0.3) is 11.6 Å². The number of methoxy groups -OCH3 is 1. The Bertz CT molecular complexity index is 945. The third-order valence-corrected chi connectivity index (χ3v) is 3.72. The summed E-state index contributed by atoms with van der Waals surface area (Å²) in [7, 11) is 5.00. The molecule has 0 saturated heterocycles. The van der Waals surface area contributed by atoms with Gasteiger partial charge in [-0.05, 0) is 24.3 Å². The number of hydrogen-bond acceptors (Lipinski definition) is 6. The van der Waals surface area contributed by atoms with Gasteiger partial charge >= 0.3 is 0 Å². The molecule has 0 aromatic heterocycles. The molecule has 2 aromatic rings. The Labute approximate surface area is 156 Å². The van der Waals surface area contributed by atoms with E-state index >= 15 is 0 Å². The fourth-order valence-electron chi connectivity index (χ4n) is 2.42. The number of carbonyl (C=O) groups excluding carboxylic acids is 1. The van der Waals surface area contributed by atoms with E-state index in [-0.39, 0.29) is 11.3 Å². The van der Waals surface area contributed by atoms with Crippen molar-refractivity contribution in [2.45, 2.75) is 0 Å². The van der Waals surface area contributed by atoms with Crippen LogP contribution in [-0.2, 0) is 4.79 Å². The average molecular weight is 366 g/mol. The molecule has 8 heteroatoms. The molecule has 0 aliphatic rings. The molecule has 0 bridgehead atoms. The molecule has 0 saturated carbocycles. The van der Waals surface area contributed by atoms with Gasteiger partial charge in [-0.2, -0.15) is 5.26 Å². The molecular weight excluding hydrogens is 348 g/mol. The predicted octanol–water partition coefficient (Wildman–Crippen LogP) is 3.22. The van der Waals surface area contributed by atoms with Crippen LogP contribution in [0.4, 0.5) is 17.1 Å². The molecular formula is C19H18N4O4. The Hall–Kier alpha value is -3.86. The lowest BCUT2D eigenvalue weighted by Gasteiger charge is -2.15. The quantitative estimate of drug-likeness (QED) is 0.364. The Kier molecular flexibility index (Phi) is 6.12. The van der Waals surface area contributed by atoms with Crippen molar-refractivity contribution in [3.63, 3.8) is 0 Å². The van der Waals surface area contributed by atoms with Gasteiger partial charge in [0.2, 0.25) is 0 Å². The van der Waals surface area contributed by atoms with E-state index in [0.717, 1.165) is 0 Å². The van der Waals surface area contributed by atoms with Crippen molar-refractivity contribution in [1.82, 2.24) is 0 Å². The summed E-state index contributed by atoms with van der Waals surface area (Å²) in [6, 6.07) is 12.9. The number of carbonyl (C=O) groups is 1. The molecule has 1 amide bonds. The van der Waals surface area contributed by atoms with Gasteiger partial charge in [-0.25, -0.2) is 0 Å². The molecule has 0 heterocycles. The molecule has 0 radical (unpaired) electrons. The number of ether oxygens (including phenoxy) is 1. The maximum Gasteiger partial charge on any atom is 0.270 e. The summed E-state index contributed by atoms with van der Waals surface area (Å²) in [6.07, 6.45) is 1.33. The number of nitrogens with zero attached hydrogens (tertiary/aromatic N) is 3. The minimum absolute atomic E-state index is 0.130. The van der Waals surface area contributed by atoms with Crippen molar-refractivity contribution in [3.8, 4) is 11.8 Å². The van der Waals surface area contributed by atoms with Crippen LogP contribution in [0.15, 0.2) is 48.0 Å². The van der Waals surface area contributed by atoms with Gasteiger partial charge in [-0.1, -0.05) is 12.1 Å². The van der Waals surface area contributed by atoms with Crippen molar-refractivity contribution in [2.24, 2.45) is 0 Å². The maximum atomic E-state index is 12.5. The number of amides is 1. The lowest BCUT2D eigenvalue weighted by atomic mass is 10.1. The molecule has 138 valence electrons. The average Bonchev–Trinajstić information content (AvgIpc) is 2.65. The number of benzene rings is 2. The fraction of sp³-hybridized carbons (Fsp3) is 0.158. The van der Waals surface area contributed by atoms with Crippen molar-refractivity contribution in [2.75, 3.05) is 31.4 Å². The standard InChI is InChI=1S/C19H18N4O4/c1-22(2)17-9-8-15(23(25)26)11-13(17)10-14(12-20)19(24)21-16-6-4-5-7-18(16)27-3/h4-11H,1-3H3,(H,21,24)/b14-10+. The van der Waals surface area contributed by atoms with E-state index in [2.05, 4.69) is 5.32 Å². The fourth-order valence-corrected chi connectivity index (χ4v) is 2.42. The van der Waals surface area contributed by atoms with Gasteiger partial charge in [0.05, 0.1) is 17.7 Å². The summed E-state index contributed by atoms with van der Waals surface area (Å²) >= 11 is 0. The van der Waals surface area contributed by atoms with Crippen LogP contribution >= 0.6 is 0 Å². The van der Waals surface area contributed by atoms with Crippen LogP contribution in [0.25, 0.3) is 6.08 Å². The van der Waals surface area contributed by atoms with Crippen LogP contribution in [0.2, 0.25) is 0 Å². The van der Waals surface area contributed by atoms with E-state index in [0.29, 0.717) is 22.7 Å². The van der Waals surface area contributed by atoms with Crippen LogP contribution in [-0.4, -0.2) is 32.0 Å². The molecule has 27 heavy (non-hydrogen) atoms. The molecule has 2 aromatic carbocycles. The summed E-state index contributed by atoms with van der Waals surface area (Å²) in [5.74, 6) is -0.189. The molecule has 0 aliphatic carbocycles. The van der Waals surface area contributed by atoms with E-state index in [1.165, 1.54) is 25.3 Å². The van der Waals surface area contributed by atoms with Crippen molar-refractivity contribution in [3.05, 3.63) is 63.7 Å². The van der Waals surface area contributed by atoms with Gasteiger partial charge in [0.15, 0.2) is 0 Å². The summed E-state index contributed by atoms with van der Waals surface area (Å²) in [5.41, 5.74) is 1.12. The molecule has 0 unspecified atom stereocenters. The second-order valence-corrected chi connectivity index (χ2v) is 5.72. The zero-order chi connectivity index (χ0) is 20.0. The first-order valence-electron chi connectivity index (χ1n) is 7.89. The molecule has 0 spiro atoms. The smallest absolute Gasteiger partial charge is 0.270 e. The molecule has 0 fully saturated rings. The number of hydrogen-bond donors (Lipinski definition) is 1. The van der Waals surface area contributed by atoms with Crippen LogP contribution < -0.4 is 15.0 Å². The Balaban J connectivity index is 2.43. The second-order valence-electron chi connectivity index (χ2n) is 5.72. The van der Waals surface area contributed by atoms with Gasteiger partial charge in [-0.3, -0.25) is 14.9 Å². The van der Waals surface area contributed by atoms with Gasteiger partial charge in [0.1, 0.15) is 17.4 Å². The number of para-hydroxylation sites is 2. The molecule has 2 rings (SSSR count). The Morgan fingerprint density at radius 3 is 2.59 bits per heavy atom. The Morgan fingerprint density at radius 2 is 2.00 bits per heavy atom. The predicted molar refractivity (Wildman–Crippen MR) is 103 cm³/mol. The lowest BCUT2D eigenvalue weighted by Crippen LogP contribution is -2.15.